The molecule has 0 atom stereocenters. The Bertz CT molecular complexity index is 402. The minimum absolute atomic E-state index is 0.698. The van der Waals surface area contributed by atoms with E-state index in [1.165, 1.54) is 11.3 Å². The molecule has 21 heavy (non-hydrogen) atoms. The van der Waals surface area contributed by atoms with E-state index in [4.69, 9.17) is 9.47 Å². The zero-order valence-corrected chi connectivity index (χ0v) is 14.2. The molecule has 0 saturated carbocycles. The van der Waals surface area contributed by atoms with E-state index in [2.05, 4.69) is 42.8 Å². The van der Waals surface area contributed by atoms with Crippen molar-refractivity contribution in [1.29, 1.82) is 0 Å². The van der Waals surface area contributed by atoms with Gasteiger partial charge in [-0.3, -0.25) is 4.68 Å². The van der Waals surface area contributed by atoms with Gasteiger partial charge in [0, 0.05) is 38.1 Å². The van der Waals surface area contributed by atoms with Crippen molar-refractivity contribution in [2.45, 2.75) is 47.2 Å². The summed E-state index contributed by atoms with van der Waals surface area (Å²) in [5.74, 6) is 0.698. The topological polar surface area (TPSA) is 48.3 Å². The first kappa shape index (κ1) is 18.1. The van der Waals surface area contributed by atoms with Crippen LogP contribution in [-0.2, 0) is 22.6 Å². The van der Waals surface area contributed by atoms with E-state index in [9.17, 15) is 0 Å². The van der Waals surface area contributed by atoms with Crippen molar-refractivity contribution in [2.75, 3.05) is 33.5 Å². The number of hydrogen-bond acceptors (Lipinski definition) is 4. The van der Waals surface area contributed by atoms with Gasteiger partial charge in [-0.25, -0.2) is 0 Å². The molecule has 0 aliphatic heterocycles. The normalized spacial score (nSPS) is 11.5. The smallest absolute Gasteiger partial charge is 0.0662 e. The minimum Gasteiger partial charge on any atom is -0.383 e. The molecule has 0 aliphatic carbocycles. The molecule has 0 spiro atoms. The third kappa shape index (κ3) is 6.59. The molecule has 0 radical (unpaired) electrons. The fourth-order valence-corrected chi connectivity index (χ4v) is 2.17. The zero-order valence-electron chi connectivity index (χ0n) is 14.2. The fraction of sp³-hybridized carbons (Fsp3) is 0.812. The maximum Gasteiger partial charge on any atom is 0.0662 e. The van der Waals surface area contributed by atoms with Crippen molar-refractivity contribution >= 4 is 0 Å². The van der Waals surface area contributed by atoms with Crippen LogP contribution in [0.4, 0.5) is 0 Å². The van der Waals surface area contributed by atoms with Crippen molar-refractivity contribution in [2.24, 2.45) is 5.92 Å². The lowest BCUT2D eigenvalue weighted by molar-refractivity contribution is 0.113. The molecular formula is C16H31N3O2. The predicted octanol–water partition coefficient (Wildman–Crippen LogP) is 2.30. The number of methoxy groups -OCH3 is 1. The molecule has 5 heteroatoms. The van der Waals surface area contributed by atoms with Crippen molar-refractivity contribution in [3.8, 4) is 0 Å². The van der Waals surface area contributed by atoms with Crippen molar-refractivity contribution in [3.63, 3.8) is 0 Å². The lowest BCUT2D eigenvalue weighted by Crippen LogP contribution is -2.19. The summed E-state index contributed by atoms with van der Waals surface area (Å²) in [4.78, 5) is 0. The van der Waals surface area contributed by atoms with Gasteiger partial charge >= 0.3 is 0 Å². The van der Waals surface area contributed by atoms with E-state index >= 15 is 0 Å². The van der Waals surface area contributed by atoms with Crippen molar-refractivity contribution in [1.82, 2.24) is 15.1 Å². The molecule has 0 aliphatic rings. The number of nitrogens with zero attached hydrogens (tertiary/aromatic N) is 2. The minimum atomic E-state index is 0.698. The van der Waals surface area contributed by atoms with Gasteiger partial charge in [0.1, 0.15) is 0 Å². The highest BCUT2D eigenvalue weighted by molar-refractivity contribution is 5.24. The van der Waals surface area contributed by atoms with E-state index < -0.39 is 0 Å². The van der Waals surface area contributed by atoms with Crippen LogP contribution in [0.1, 0.15) is 37.2 Å². The number of nitrogens with one attached hydrogen (secondary N) is 1. The Morgan fingerprint density at radius 1 is 1.19 bits per heavy atom. The quantitative estimate of drug-likeness (QED) is 0.637. The lowest BCUT2D eigenvalue weighted by Gasteiger charge is -2.08. The van der Waals surface area contributed by atoms with Crippen LogP contribution in [0.15, 0.2) is 0 Å². The van der Waals surface area contributed by atoms with Crippen LogP contribution in [0.2, 0.25) is 0 Å². The highest BCUT2D eigenvalue weighted by atomic mass is 16.5. The average Bonchev–Trinajstić information content (AvgIpc) is 2.70. The zero-order chi connectivity index (χ0) is 15.7. The Morgan fingerprint density at radius 2 is 1.95 bits per heavy atom. The lowest BCUT2D eigenvalue weighted by atomic mass is 10.1. The van der Waals surface area contributed by atoms with Gasteiger partial charge in [0.2, 0.25) is 0 Å². The highest BCUT2D eigenvalue weighted by Crippen LogP contribution is 2.12. The van der Waals surface area contributed by atoms with Gasteiger partial charge in [-0.2, -0.15) is 5.10 Å². The summed E-state index contributed by atoms with van der Waals surface area (Å²) >= 11 is 0. The van der Waals surface area contributed by atoms with Gasteiger partial charge in [0.05, 0.1) is 25.5 Å². The van der Waals surface area contributed by atoms with E-state index in [-0.39, 0.29) is 0 Å². The molecular weight excluding hydrogens is 266 g/mol. The predicted molar refractivity (Wildman–Crippen MR) is 85.6 cm³/mol. The SMILES string of the molecule is COCCNCc1c(C)nn(CCOCCC(C)C)c1C. The second kappa shape index (κ2) is 9.92. The summed E-state index contributed by atoms with van der Waals surface area (Å²) in [5, 5.41) is 7.98. The van der Waals surface area contributed by atoms with Crippen molar-refractivity contribution < 1.29 is 9.47 Å². The molecule has 0 fully saturated rings. The Balaban J connectivity index is 2.38. The molecule has 0 bridgehead atoms. The molecule has 0 unspecified atom stereocenters. The van der Waals surface area contributed by atoms with Gasteiger partial charge in [0.25, 0.3) is 0 Å². The molecule has 5 nitrogen and oxygen atoms in total. The van der Waals surface area contributed by atoms with E-state index in [0.29, 0.717) is 5.92 Å². The monoisotopic (exact) mass is 297 g/mol. The summed E-state index contributed by atoms with van der Waals surface area (Å²) in [6, 6.07) is 0. The van der Waals surface area contributed by atoms with Gasteiger partial charge in [-0.15, -0.1) is 0 Å². The number of ether oxygens (including phenoxy) is 2. The number of aromatic nitrogens is 2. The molecule has 0 amide bonds. The third-order valence-electron chi connectivity index (χ3n) is 3.60. The molecule has 0 saturated heterocycles. The summed E-state index contributed by atoms with van der Waals surface area (Å²) < 4.78 is 12.8. The molecule has 1 heterocycles. The molecule has 1 aromatic rings. The first-order valence-electron chi connectivity index (χ1n) is 7.86. The van der Waals surface area contributed by atoms with Crippen LogP contribution in [0.25, 0.3) is 0 Å². The van der Waals surface area contributed by atoms with E-state index in [1.807, 2.05) is 0 Å². The van der Waals surface area contributed by atoms with Gasteiger partial charge < -0.3 is 14.8 Å². The van der Waals surface area contributed by atoms with Gasteiger partial charge in [0.15, 0.2) is 0 Å². The summed E-state index contributed by atoms with van der Waals surface area (Å²) in [6.45, 7) is 13.4. The summed E-state index contributed by atoms with van der Waals surface area (Å²) in [6.07, 6.45) is 1.12. The number of hydrogen-bond donors (Lipinski definition) is 1. The Labute approximate surface area is 129 Å². The van der Waals surface area contributed by atoms with Gasteiger partial charge in [-0.05, 0) is 26.2 Å². The molecule has 1 rings (SSSR count). The van der Waals surface area contributed by atoms with E-state index in [0.717, 1.165) is 51.6 Å². The van der Waals surface area contributed by atoms with Crippen LogP contribution in [0.3, 0.4) is 0 Å². The second-order valence-corrected chi connectivity index (χ2v) is 5.84. The van der Waals surface area contributed by atoms with Crippen LogP contribution in [0.5, 0.6) is 0 Å². The Hall–Kier alpha value is -0.910. The first-order chi connectivity index (χ1) is 10.1. The number of rotatable bonds is 11. The molecule has 1 N–H and O–H groups in total. The first-order valence-corrected chi connectivity index (χ1v) is 7.86. The third-order valence-corrected chi connectivity index (χ3v) is 3.60. The average molecular weight is 297 g/mol. The maximum absolute atomic E-state index is 5.67. The van der Waals surface area contributed by atoms with E-state index in [1.54, 1.807) is 7.11 Å². The second-order valence-electron chi connectivity index (χ2n) is 5.84. The number of aryl methyl sites for hydroxylation is 1. The standard InChI is InChI=1S/C16H31N3O2/c1-13(2)6-9-21-11-8-19-15(4)16(14(3)18-19)12-17-7-10-20-5/h13,17H,6-12H2,1-5H3. The van der Waals surface area contributed by atoms with Crippen LogP contribution >= 0.6 is 0 Å². The largest absolute Gasteiger partial charge is 0.383 e. The summed E-state index contributed by atoms with van der Waals surface area (Å²) in [5.41, 5.74) is 3.61. The fourth-order valence-electron chi connectivity index (χ4n) is 2.17. The Morgan fingerprint density at radius 3 is 2.62 bits per heavy atom. The van der Waals surface area contributed by atoms with Crippen molar-refractivity contribution in [3.05, 3.63) is 17.0 Å². The van der Waals surface area contributed by atoms with Crippen LogP contribution < -0.4 is 5.32 Å². The molecule has 0 aromatic carbocycles. The highest BCUT2D eigenvalue weighted by Gasteiger charge is 2.10. The Kier molecular flexibility index (Phi) is 8.57. The van der Waals surface area contributed by atoms with Gasteiger partial charge in [-0.1, -0.05) is 13.8 Å². The van der Waals surface area contributed by atoms with Crippen LogP contribution in [0, 0.1) is 19.8 Å². The van der Waals surface area contributed by atoms with Crippen LogP contribution in [-0.4, -0.2) is 43.3 Å². The molecule has 122 valence electrons. The summed E-state index contributed by atoms with van der Waals surface area (Å²) in [7, 11) is 1.72. The molecule has 1 aromatic heterocycles. The maximum atomic E-state index is 5.67.